The van der Waals surface area contributed by atoms with Gasteiger partial charge >= 0.3 is 5.69 Å². The Balaban J connectivity index is 1.35. The number of nitrogens with one attached hydrogen (secondary N) is 2. The Kier molecular flexibility index (Phi) is 6.72. The van der Waals surface area contributed by atoms with Crippen molar-refractivity contribution in [2.24, 2.45) is 0 Å². The van der Waals surface area contributed by atoms with E-state index in [9.17, 15) is 14.3 Å². The lowest BCUT2D eigenvalue weighted by molar-refractivity contribution is 0.0500. The van der Waals surface area contributed by atoms with Crippen molar-refractivity contribution in [2.75, 3.05) is 17.2 Å². The molecule has 0 bridgehead atoms. The van der Waals surface area contributed by atoms with Crippen LogP contribution in [0.5, 0.6) is 0 Å². The average Bonchev–Trinajstić information content (AvgIpc) is 3.44. The van der Waals surface area contributed by atoms with Gasteiger partial charge in [0.25, 0.3) is 0 Å². The number of tetrazole rings is 1. The van der Waals surface area contributed by atoms with Gasteiger partial charge < -0.3 is 15.7 Å². The fourth-order valence-electron chi connectivity index (χ4n) is 5.78. The smallest absolute Gasteiger partial charge is 0.368 e. The third kappa shape index (κ3) is 5.41. The highest BCUT2D eigenvalue weighted by Gasteiger charge is 2.43. The van der Waals surface area contributed by atoms with Gasteiger partial charge in [-0.15, -0.1) is 0 Å². The molecule has 3 aromatic rings. The minimum atomic E-state index is -1.11. The Morgan fingerprint density at radius 3 is 2.82 bits per heavy atom. The number of nitrogens with zero attached hydrogens (tertiary/aromatic N) is 7. The zero-order chi connectivity index (χ0) is 27.2. The number of piperidine rings is 1. The number of anilines is 3. The van der Waals surface area contributed by atoms with Gasteiger partial charge in [-0.3, -0.25) is 4.90 Å². The van der Waals surface area contributed by atoms with Crippen LogP contribution >= 0.6 is 0 Å². The molecule has 5 rings (SSSR count). The first kappa shape index (κ1) is 26.2. The number of aryl methyl sites for hydroxylation is 1. The first-order chi connectivity index (χ1) is 17.9. The standard InChI is InChI=1S/C26H36FN9O2/c1-16-8-9-17(12-21(16)36-24(37)35(32-33-36)15-26(4,5)38)30-23-28-14-20(27)22(31-23)29-18-11-19-7-6-10-34(19)25(2,3)13-18/h8-9,12,14,18-19,38H,6-7,10-11,13,15H2,1-5H3,(H2,28,29,30,31). The van der Waals surface area contributed by atoms with Crippen LogP contribution in [0.4, 0.5) is 21.8 Å². The van der Waals surface area contributed by atoms with Crippen LogP contribution in [0.1, 0.15) is 58.9 Å². The molecule has 2 unspecified atom stereocenters. The quantitative estimate of drug-likeness (QED) is 0.427. The molecule has 2 saturated heterocycles. The molecule has 0 amide bonds. The Labute approximate surface area is 221 Å². The van der Waals surface area contributed by atoms with Crippen molar-refractivity contribution < 1.29 is 9.50 Å². The molecule has 3 N–H and O–H groups in total. The third-order valence-corrected chi connectivity index (χ3v) is 7.41. The first-order valence-electron chi connectivity index (χ1n) is 13.1. The lowest BCUT2D eigenvalue weighted by Crippen LogP contribution is -2.55. The maximum Gasteiger partial charge on any atom is 0.368 e. The van der Waals surface area contributed by atoms with Crippen LogP contribution in [-0.2, 0) is 6.54 Å². The third-order valence-electron chi connectivity index (χ3n) is 7.41. The van der Waals surface area contributed by atoms with E-state index >= 15 is 0 Å². The summed E-state index contributed by atoms with van der Waals surface area (Å²) in [5, 5.41) is 24.4. The molecule has 12 heteroatoms. The molecule has 2 atom stereocenters. The maximum atomic E-state index is 14.7. The van der Waals surface area contributed by atoms with Gasteiger partial charge in [-0.25, -0.2) is 14.2 Å². The number of hydrogen-bond acceptors (Lipinski definition) is 9. The van der Waals surface area contributed by atoms with Crippen molar-refractivity contribution in [1.82, 2.24) is 34.7 Å². The minimum Gasteiger partial charge on any atom is -0.389 e. The summed E-state index contributed by atoms with van der Waals surface area (Å²) in [6, 6.07) is 6.01. The van der Waals surface area contributed by atoms with Crippen LogP contribution in [0.2, 0.25) is 0 Å². The highest BCUT2D eigenvalue weighted by molar-refractivity contribution is 5.60. The van der Waals surface area contributed by atoms with Gasteiger partial charge in [-0.05, 0) is 95.0 Å². The van der Waals surface area contributed by atoms with E-state index in [1.54, 1.807) is 19.9 Å². The van der Waals surface area contributed by atoms with Gasteiger partial charge in [0.05, 0.1) is 24.0 Å². The minimum absolute atomic E-state index is 0.0129. The molecular formula is C26H36FN9O2. The van der Waals surface area contributed by atoms with Gasteiger partial charge in [-0.1, -0.05) is 6.07 Å². The van der Waals surface area contributed by atoms with Gasteiger partial charge in [0, 0.05) is 23.3 Å². The number of halogens is 1. The molecule has 2 aliphatic rings. The lowest BCUT2D eigenvalue weighted by atomic mass is 9.84. The number of rotatable bonds is 7. The van der Waals surface area contributed by atoms with Gasteiger partial charge in [0.1, 0.15) is 0 Å². The van der Waals surface area contributed by atoms with Crippen molar-refractivity contribution in [3.63, 3.8) is 0 Å². The van der Waals surface area contributed by atoms with Crippen molar-refractivity contribution >= 4 is 17.5 Å². The Morgan fingerprint density at radius 1 is 1.26 bits per heavy atom. The van der Waals surface area contributed by atoms with Crippen LogP contribution in [0.15, 0.2) is 29.2 Å². The molecule has 1 aromatic carbocycles. The molecule has 38 heavy (non-hydrogen) atoms. The van der Waals surface area contributed by atoms with Crippen LogP contribution in [-0.4, -0.2) is 69.5 Å². The summed E-state index contributed by atoms with van der Waals surface area (Å²) in [5.41, 5.74) is 0.399. The van der Waals surface area contributed by atoms with E-state index in [1.807, 2.05) is 19.1 Å². The van der Waals surface area contributed by atoms with Gasteiger partial charge in [-0.2, -0.15) is 14.3 Å². The fraction of sp³-hybridized carbons (Fsp3) is 0.577. The predicted molar refractivity (Wildman–Crippen MR) is 142 cm³/mol. The average molecular weight is 526 g/mol. The predicted octanol–water partition coefficient (Wildman–Crippen LogP) is 3.00. The molecular weight excluding hydrogens is 489 g/mol. The van der Waals surface area contributed by atoms with Crippen LogP contribution in [0.3, 0.4) is 0 Å². The molecule has 2 aromatic heterocycles. The van der Waals surface area contributed by atoms with Crippen LogP contribution in [0.25, 0.3) is 5.69 Å². The van der Waals surface area contributed by atoms with Crippen molar-refractivity contribution in [1.29, 1.82) is 0 Å². The molecule has 0 saturated carbocycles. The number of fused-ring (bicyclic) bond motifs is 1. The molecule has 2 aliphatic heterocycles. The second-order valence-corrected chi connectivity index (χ2v) is 11.7. The van der Waals surface area contributed by atoms with E-state index in [0.29, 0.717) is 17.4 Å². The summed E-state index contributed by atoms with van der Waals surface area (Å²) >= 11 is 0. The molecule has 0 aliphatic carbocycles. The first-order valence-corrected chi connectivity index (χ1v) is 13.1. The number of benzene rings is 1. The summed E-state index contributed by atoms with van der Waals surface area (Å²) in [7, 11) is 0. The molecule has 0 spiro atoms. The Morgan fingerprint density at radius 2 is 2.05 bits per heavy atom. The van der Waals surface area contributed by atoms with Crippen LogP contribution < -0.4 is 16.3 Å². The highest BCUT2D eigenvalue weighted by atomic mass is 19.1. The molecule has 2 fully saturated rings. The summed E-state index contributed by atoms with van der Waals surface area (Å²) in [4.78, 5) is 24.0. The number of aliphatic hydroxyl groups is 1. The van der Waals surface area contributed by atoms with E-state index < -0.39 is 17.1 Å². The SMILES string of the molecule is Cc1ccc(Nc2ncc(F)c(NC3CC4CCCN4C(C)(C)C3)n2)cc1-n1nnn(CC(C)(C)O)c1=O. The number of hydrogen-bond donors (Lipinski definition) is 3. The maximum absolute atomic E-state index is 14.7. The summed E-state index contributed by atoms with van der Waals surface area (Å²) in [5.74, 6) is -0.0889. The number of aromatic nitrogens is 6. The van der Waals surface area contributed by atoms with E-state index in [4.69, 9.17) is 0 Å². The second kappa shape index (κ2) is 9.73. The van der Waals surface area contributed by atoms with Crippen molar-refractivity contribution in [3.05, 3.63) is 46.3 Å². The van der Waals surface area contributed by atoms with Crippen molar-refractivity contribution in [2.45, 2.75) is 90.1 Å². The second-order valence-electron chi connectivity index (χ2n) is 11.7. The normalized spacial score (nSPS) is 21.3. The van der Waals surface area contributed by atoms with Gasteiger partial charge in [0.2, 0.25) is 5.95 Å². The highest BCUT2D eigenvalue weighted by Crippen LogP contribution is 2.38. The fourth-order valence-corrected chi connectivity index (χ4v) is 5.78. The molecule has 11 nitrogen and oxygen atoms in total. The van der Waals surface area contributed by atoms with Crippen molar-refractivity contribution in [3.8, 4) is 5.69 Å². The summed E-state index contributed by atoms with van der Waals surface area (Å²) < 4.78 is 17.0. The Hall–Kier alpha value is -3.38. The summed E-state index contributed by atoms with van der Waals surface area (Å²) in [6.45, 7) is 10.7. The lowest BCUT2D eigenvalue weighted by Gasteiger charge is -2.47. The largest absolute Gasteiger partial charge is 0.389 e. The molecule has 4 heterocycles. The Bertz CT molecular complexity index is 1380. The van der Waals surface area contributed by atoms with Crippen LogP contribution in [0, 0.1) is 12.7 Å². The van der Waals surface area contributed by atoms with Gasteiger partial charge in [0.15, 0.2) is 11.6 Å². The van der Waals surface area contributed by atoms with E-state index in [1.165, 1.54) is 17.5 Å². The topological polar surface area (TPSA) is 126 Å². The molecule has 0 radical (unpaired) electrons. The monoisotopic (exact) mass is 525 g/mol. The summed E-state index contributed by atoms with van der Waals surface area (Å²) in [6.07, 6.45) is 5.40. The zero-order valence-corrected chi connectivity index (χ0v) is 22.6. The zero-order valence-electron chi connectivity index (χ0n) is 22.6. The van der Waals surface area contributed by atoms with E-state index in [-0.39, 0.29) is 29.9 Å². The van der Waals surface area contributed by atoms with E-state index in [0.717, 1.165) is 35.8 Å². The molecule has 204 valence electrons. The van der Waals surface area contributed by atoms with E-state index in [2.05, 4.69) is 49.8 Å².